The summed E-state index contributed by atoms with van der Waals surface area (Å²) in [7, 11) is 0. The number of nitrogens with two attached hydrogens (primary N) is 1. The molecule has 3 rings (SSSR count). The molecule has 2 unspecified atom stereocenters. The second-order valence-electron chi connectivity index (χ2n) is 7.33. The molecule has 0 fully saturated rings. The average Bonchev–Trinajstić information content (AvgIpc) is 3.25. The predicted molar refractivity (Wildman–Crippen MR) is 114 cm³/mol. The van der Waals surface area contributed by atoms with Crippen LogP contribution in [0, 0.1) is 0 Å². The van der Waals surface area contributed by atoms with Crippen LogP contribution in [0.15, 0.2) is 26.2 Å². The molecule has 186 valence electrons. The fourth-order valence-electron chi connectivity index (χ4n) is 3.96. The van der Waals surface area contributed by atoms with Crippen LogP contribution in [0.25, 0.3) is 11.0 Å². The van der Waals surface area contributed by atoms with Gasteiger partial charge in [0.15, 0.2) is 5.58 Å². The number of rotatable bonds is 13. The molecular weight excluding hydrogens is 542 g/mol. The summed E-state index contributed by atoms with van der Waals surface area (Å²) in [6, 6.07) is 3.19. The molecule has 0 saturated carbocycles. The Labute approximate surface area is 257 Å². The maximum Gasteiger partial charge on any atom is 1.00 e. The number of hydrogen-bond acceptors (Lipinski definition) is 13. The van der Waals surface area contributed by atoms with E-state index in [1.165, 1.54) is 0 Å². The third kappa shape index (κ3) is 8.57. The normalized spacial score (nSPS) is 15.0. The molecule has 1 aliphatic rings. The largest absolute Gasteiger partial charge is 1.00 e. The van der Waals surface area contributed by atoms with Crippen molar-refractivity contribution < 1.29 is 107 Å². The molecule has 2 atom stereocenters. The van der Waals surface area contributed by atoms with Crippen molar-refractivity contribution in [3.63, 3.8) is 0 Å². The zero-order chi connectivity index (χ0) is 24.7. The van der Waals surface area contributed by atoms with Crippen molar-refractivity contribution in [3.8, 4) is 0 Å². The van der Waals surface area contributed by atoms with Gasteiger partial charge in [-0.1, -0.05) is 0 Å². The summed E-state index contributed by atoms with van der Waals surface area (Å²) in [5.74, 6) is -1.77. The van der Waals surface area contributed by atoms with E-state index in [2.05, 4.69) is 24.1 Å². The predicted octanol–water partition coefficient (Wildman–Crippen LogP) is -5.74. The van der Waals surface area contributed by atoms with Crippen LogP contribution in [-0.2, 0) is 34.8 Å². The minimum Gasteiger partial charge on any atom is -0.691 e. The van der Waals surface area contributed by atoms with Crippen molar-refractivity contribution >= 4 is 52.6 Å². The van der Waals surface area contributed by atoms with Crippen molar-refractivity contribution in [2.24, 2.45) is 0 Å². The van der Waals surface area contributed by atoms with Gasteiger partial charge in [0.05, 0.1) is 17.7 Å². The smallest absolute Gasteiger partial charge is 0.691 e. The van der Waals surface area contributed by atoms with Gasteiger partial charge in [-0.25, -0.2) is 4.79 Å². The van der Waals surface area contributed by atoms with Gasteiger partial charge < -0.3 is 31.1 Å². The summed E-state index contributed by atoms with van der Waals surface area (Å²) in [5.41, 5.74) is 6.61. The van der Waals surface area contributed by atoms with E-state index in [-0.39, 0.29) is 107 Å². The number of carbonyl (C=O) groups is 2. The fourth-order valence-corrected chi connectivity index (χ4v) is 5.21. The summed E-state index contributed by atoms with van der Waals surface area (Å²) in [6.45, 7) is 0.164. The van der Waals surface area contributed by atoms with Gasteiger partial charge >= 0.3 is 70.7 Å². The standard InChI is InChI=1S/C19H22N2O11S2.2Na/c20-12-6-5-10-16-9(3-4-11(16)19(25)28-17(10)18(12)34-32-30-27)13(33-31-29-26)8-14(22)21-7-1-2-15(23)24;;/h5-6,9,13,26-27H,1-4,7-8,20H2,(H,21,22)(H,23,24);;/q;2*+1/p-2. The molecule has 0 saturated heterocycles. The molecule has 36 heavy (non-hydrogen) atoms. The van der Waals surface area contributed by atoms with Crippen LogP contribution >= 0.6 is 24.1 Å². The zero-order valence-electron chi connectivity index (χ0n) is 19.5. The molecule has 1 aliphatic carbocycles. The molecule has 0 bridgehead atoms. The summed E-state index contributed by atoms with van der Waals surface area (Å²) < 4.78 is 14.3. The minimum absolute atomic E-state index is 0. The molecule has 0 spiro atoms. The quantitative estimate of drug-likeness (QED) is 0.0396. The van der Waals surface area contributed by atoms with E-state index in [1.54, 1.807) is 12.1 Å². The Bertz CT molecular complexity index is 1110. The van der Waals surface area contributed by atoms with Gasteiger partial charge in [0.2, 0.25) is 5.91 Å². The van der Waals surface area contributed by atoms with E-state index in [0.29, 0.717) is 53.4 Å². The number of carboxylic acids is 1. The third-order valence-electron chi connectivity index (χ3n) is 5.34. The van der Waals surface area contributed by atoms with Crippen molar-refractivity contribution in [2.75, 3.05) is 12.3 Å². The number of nitrogens with one attached hydrogen (secondary N) is 1. The Morgan fingerprint density at radius 1 is 1.25 bits per heavy atom. The number of aliphatic carboxylic acids is 1. The van der Waals surface area contributed by atoms with E-state index in [4.69, 9.17) is 15.3 Å². The number of carbonyl (C=O) groups excluding carboxylic acids is 1. The van der Waals surface area contributed by atoms with E-state index in [0.717, 1.165) is 0 Å². The van der Waals surface area contributed by atoms with Crippen molar-refractivity contribution in [3.05, 3.63) is 33.7 Å². The molecule has 2 aromatic rings. The average molecular weight is 562 g/mol. The first-order valence-electron chi connectivity index (χ1n) is 9.99. The van der Waals surface area contributed by atoms with Crippen LogP contribution in [0.5, 0.6) is 0 Å². The van der Waals surface area contributed by atoms with E-state index in [9.17, 15) is 24.9 Å². The monoisotopic (exact) mass is 562 g/mol. The van der Waals surface area contributed by atoms with E-state index < -0.39 is 22.8 Å². The Hall–Kier alpha value is -0.370. The van der Waals surface area contributed by atoms with Crippen LogP contribution in [0.1, 0.15) is 42.7 Å². The Balaban J connectivity index is 0.00000324. The SMILES string of the molecule is Nc1ccc2c3c(c(=O)oc2c1SOO[O-])CCC3C(CC(=O)NCCCC(=O)O)SOO[O-].[Na+].[Na+]. The van der Waals surface area contributed by atoms with Gasteiger partial charge in [-0.3, -0.25) is 19.7 Å². The Morgan fingerprint density at radius 3 is 2.64 bits per heavy atom. The van der Waals surface area contributed by atoms with Crippen molar-refractivity contribution in [2.45, 2.75) is 48.2 Å². The Morgan fingerprint density at radius 2 is 1.97 bits per heavy atom. The first-order valence-corrected chi connectivity index (χ1v) is 11.5. The molecule has 13 nitrogen and oxygen atoms in total. The molecule has 1 amide bonds. The number of anilines is 1. The summed E-state index contributed by atoms with van der Waals surface area (Å²) in [6.07, 6.45) is 0.887. The molecule has 1 aromatic heterocycles. The molecule has 1 aromatic carbocycles. The number of fused-ring (bicyclic) bond motifs is 3. The third-order valence-corrected chi connectivity index (χ3v) is 6.92. The molecule has 17 heteroatoms. The topological polar surface area (TPSA) is 206 Å². The van der Waals surface area contributed by atoms with Gasteiger partial charge in [-0.2, -0.15) is 8.67 Å². The van der Waals surface area contributed by atoms with Gasteiger partial charge in [0.25, 0.3) is 0 Å². The maximum atomic E-state index is 12.7. The van der Waals surface area contributed by atoms with E-state index >= 15 is 0 Å². The van der Waals surface area contributed by atoms with Crippen molar-refractivity contribution in [1.82, 2.24) is 5.32 Å². The summed E-state index contributed by atoms with van der Waals surface area (Å²) in [4.78, 5) is 36.0. The van der Waals surface area contributed by atoms with Crippen LogP contribution < -0.4 is 86.3 Å². The second kappa shape index (κ2) is 16.6. The van der Waals surface area contributed by atoms with Gasteiger partial charge in [-0.05, 0) is 37.0 Å². The minimum atomic E-state index is -0.970. The van der Waals surface area contributed by atoms with Crippen LogP contribution in [-0.4, -0.2) is 28.8 Å². The molecule has 1 heterocycles. The number of benzene rings is 1. The van der Waals surface area contributed by atoms with Crippen LogP contribution in [0.3, 0.4) is 0 Å². The molecule has 4 N–H and O–H groups in total. The molecule has 0 aliphatic heterocycles. The second-order valence-corrected chi connectivity index (χ2v) is 8.97. The zero-order valence-corrected chi connectivity index (χ0v) is 25.1. The Kier molecular flexibility index (Phi) is 15.5. The molecule has 0 radical (unpaired) electrons. The van der Waals surface area contributed by atoms with Crippen molar-refractivity contribution in [1.29, 1.82) is 0 Å². The van der Waals surface area contributed by atoms with Gasteiger partial charge in [-0.15, -0.1) is 0 Å². The first-order chi connectivity index (χ1) is 16.4. The number of hydrogen-bond donors (Lipinski definition) is 3. The number of carboxylic acid groups (broad SMARTS) is 1. The van der Waals surface area contributed by atoms with Crippen LogP contribution in [0.2, 0.25) is 0 Å². The first kappa shape index (κ1) is 33.7. The maximum absolute atomic E-state index is 12.7. The van der Waals surface area contributed by atoms with Gasteiger partial charge in [0.1, 0.15) is 4.90 Å². The molecular formula is C19H20N2Na2O11S2. The number of nitrogen functional groups attached to an aromatic ring is 1. The number of amides is 1. The van der Waals surface area contributed by atoms with E-state index in [1.807, 2.05) is 0 Å². The summed E-state index contributed by atoms with van der Waals surface area (Å²) >= 11 is 1.14. The fraction of sp³-hybridized carbons (Fsp3) is 0.421. The summed E-state index contributed by atoms with van der Waals surface area (Å²) in [5, 5.41) is 38.8. The van der Waals surface area contributed by atoms with Gasteiger partial charge in [0, 0.05) is 53.5 Å². The van der Waals surface area contributed by atoms with Crippen LogP contribution in [0.4, 0.5) is 5.69 Å².